The van der Waals surface area contributed by atoms with E-state index in [2.05, 4.69) is 0 Å². The van der Waals surface area contributed by atoms with Crippen LogP contribution in [0.4, 0.5) is 4.39 Å². The number of hydrogen-bond donors (Lipinski definition) is 0. The van der Waals surface area contributed by atoms with E-state index in [-0.39, 0.29) is 5.82 Å². The van der Waals surface area contributed by atoms with Crippen molar-refractivity contribution < 1.29 is 13.9 Å². The highest BCUT2D eigenvalue weighted by molar-refractivity contribution is 5.95. The predicted molar refractivity (Wildman–Crippen MR) is 62.1 cm³/mol. The monoisotopic (exact) mass is 233 g/mol. The summed E-state index contributed by atoms with van der Waals surface area (Å²) in [6.45, 7) is 0. The summed E-state index contributed by atoms with van der Waals surface area (Å²) < 4.78 is 19.5. The number of methoxy groups -OCH3 is 1. The number of hydrogen-bond acceptors (Lipinski definition) is 2. The normalized spacial score (nSPS) is 10.3. The van der Waals surface area contributed by atoms with Gasteiger partial charge in [0.1, 0.15) is 11.5 Å². The standard InChI is InChI=1S/C13H12FNO2/c1-15-7-6-11(12(15)13(16)17-2)9-4-3-5-10(14)8-9/h3-8H,1-2H3. The highest BCUT2D eigenvalue weighted by atomic mass is 19.1. The molecular formula is C13H12FNO2. The Bertz CT molecular complexity index is 560. The Morgan fingerprint density at radius 2 is 2.12 bits per heavy atom. The first-order valence-corrected chi connectivity index (χ1v) is 5.13. The summed E-state index contributed by atoms with van der Waals surface area (Å²) in [5.74, 6) is -0.765. The molecule has 0 radical (unpaired) electrons. The zero-order chi connectivity index (χ0) is 12.4. The molecule has 0 spiro atoms. The number of aryl methyl sites for hydroxylation is 1. The Balaban J connectivity index is 2.57. The summed E-state index contributed by atoms with van der Waals surface area (Å²) in [4.78, 5) is 11.6. The van der Waals surface area contributed by atoms with Crippen LogP contribution in [0.25, 0.3) is 11.1 Å². The van der Waals surface area contributed by atoms with E-state index in [0.717, 1.165) is 0 Å². The number of halogens is 1. The topological polar surface area (TPSA) is 31.2 Å². The SMILES string of the molecule is COC(=O)c1c(-c2cccc(F)c2)ccn1C. The minimum absolute atomic E-state index is 0.331. The molecule has 1 aromatic carbocycles. The van der Waals surface area contributed by atoms with Gasteiger partial charge in [-0.15, -0.1) is 0 Å². The third-order valence-electron chi connectivity index (χ3n) is 2.59. The molecule has 17 heavy (non-hydrogen) atoms. The highest BCUT2D eigenvalue weighted by Crippen LogP contribution is 2.25. The summed E-state index contributed by atoms with van der Waals surface area (Å²) in [5, 5.41) is 0. The van der Waals surface area contributed by atoms with Gasteiger partial charge in [-0.05, 0) is 23.8 Å². The fraction of sp³-hybridized carbons (Fsp3) is 0.154. The second kappa shape index (κ2) is 4.41. The van der Waals surface area contributed by atoms with Crippen molar-refractivity contribution in [2.45, 2.75) is 0 Å². The number of nitrogens with zero attached hydrogens (tertiary/aromatic N) is 1. The average Bonchev–Trinajstić information content (AvgIpc) is 2.70. The van der Waals surface area contributed by atoms with Crippen LogP contribution in [0.3, 0.4) is 0 Å². The minimum Gasteiger partial charge on any atom is -0.464 e. The summed E-state index contributed by atoms with van der Waals surface area (Å²) in [7, 11) is 3.07. The maximum Gasteiger partial charge on any atom is 0.355 e. The molecule has 0 unspecified atom stereocenters. The summed E-state index contributed by atoms with van der Waals surface area (Å²) in [6.07, 6.45) is 1.74. The van der Waals surface area contributed by atoms with E-state index in [1.165, 1.54) is 19.2 Å². The smallest absolute Gasteiger partial charge is 0.355 e. The fourth-order valence-corrected chi connectivity index (χ4v) is 1.77. The van der Waals surface area contributed by atoms with E-state index in [1.54, 1.807) is 36.0 Å². The van der Waals surface area contributed by atoms with Gasteiger partial charge in [0.2, 0.25) is 0 Å². The first-order valence-electron chi connectivity index (χ1n) is 5.13. The van der Waals surface area contributed by atoms with Crippen molar-refractivity contribution in [3.05, 3.63) is 48.0 Å². The molecule has 0 N–H and O–H groups in total. The zero-order valence-electron chi connectivity index (χ0n) is 9.61. The van der Waals surface area contributed by atoms with Gasteiger partial charge in [-0.1, -0.05) is 12.1 Å². The van der Waals surface area contributed by atoms with Crippen LogP contribution in [0.1, 0.15) is 10.5 Å². The van der Waals surface area contributed by atoms with E-state index in [4.69, 9.17) is 4.74 Å². The van der Waals surface area contributed by atoms with Crippen LogP contribution in [0.5, 0.6) is 0 Å². The van der Waals surface area contributed by atoms with Crippen molar-refractivity contribution >= 4 is 5.97 Å². The van der Waals surface area contributed by atoms with Crippen molar-refractivity contribution in [3.8, 4) is 11.1 Å². The van der Waals surface area contributed by atoms with Crippen molar-refractivity contribution in [3.63, 3.8) is 0 Å². The molecule has 4 heteroatoms. The van der Waals surface area contributed by atoms with E-state index >= 15 is 0 Å². The number of carbonyl (C=O) groups excluding carboxylic acids is 1. The number of esters is 1. The van der Waals surface area contributed by atoms with Gasteiger partial charge in [0, 0.05) is 18.8 Å². The van der Waals surface area contributed by atoms with Crippen LogP contribution in [-0.2, 0) is 11.8 Å². The van der Waals surface area contributed by atoms with E-state index in [1.807, 2.05) is 0 Å². The van der Waals surface area contributed by atoms with Crippen LogP contribution >= 0.6 is 0 Å². The van der Waals surface area contributed by atoms with Gasteiger partial charge < -0.3 is 9.30 Å². The molecule has 1 heterocycles. The quantitative estimate of drug-likeness (QED) is 0.746. The Morgan fingerprint density at radius 1 is 1.35 bits per heavy atom. The number of benzene rings is 1. The van der Waals surface area contributed by atoms with Crippen LogP contribution in [-0.4, -0.2) is 17.6 Å². The van der Waals surface area contributed by atoms with Crippen LogP contribution < -0.4 is 0 Å². The summed E-state index contributed by atoms with van der Waals surface area (Å²) >= 11 is 0. The predicted octanol–water partition coefficient (Wildman–Crippen LogP) is 2.62. The molecule has 1 aromatic heterocycles. The van der Waals surface area contributed by atoms with Crippen molar-refractivity contribution in [2.75, 3.05) is 7.11 Å². The molecule has 0 aliphatic carbocycles. The Labute approximate surface area is 98.4 Å². The van der Waals surface area contributed by atoms with Gasteiger partial charge in [0.25, 0.3) is 0 Å². The Kier molecular flexibility index (Phi) is 2.95. The Morgan fingerprint density at radius 3 is 2.76 bits per heavy atom. The average molecular weight is 233 g/mol. The van der Waals surface area contributed by atoms with E-state index < -0.39 is 5.97 Å². The second-order valence-electron chi connectivity index (χ2n) is 3.69. The molecule has 0 bridgehead atoms. The molecule has 0 amide bonds. The molecule has 0 saturated heterocycles. The van der Waals surface area contributed by atoms with Crippen molar-refractivity contribution in [2.24, 2.45) is 7.05 Å². The molecule has 0 aliphatic rings. The van der Waals surface area contributed by atoms with Crippen LogP contribution in [0.2, 0.25) is 0 Å². The molecule has 0 aliphatic heterocycles. The van der Waals surface area contributed by atoms with Gasteiger partial charge in [-0.2, -0.15) is 0 Å². The lowest BCUT2D eigenvalue weighted by Crippen LogP contribution is -2.08. The third kappa shape index (κ3) is 2.06. The largest absolute Gasteiger partial charge is 0.464 e. The van der Waals surface area contributed by atoms with E-state index in [9.17, 15) is 9.18 Å². The first kappa shape index (κ1) is 11.4. The van der Waals surface area contributed by atoms with Gasteiger partial charge in [0.05, 0.1) is 7.11 Å². The van der Waals surface area contributed by atoms with E-state index in [0.29, 0.717) is 16.8 Å². The first-order chi connectivity index (χ1) is 8.13. The van der Waals surface area contributed by atoms with Gasteiger partial charge in [-0.3, -0.25) is 0 Å². The molecule has 2 rings (SSSR count). The van der Waals surface area contributed by atoms with Crippen LogP contribution in [0, 0.1) is 5.82 Å². The molecule has 0 saturated carbocycles. The fourth-order valence-electron chi connectivity index (χ4n) is 1.77. The molecule has 0 fully saturated rings. The number of aromatic nitrogens is 1. The Hall–Kier alpha value is -2.10. The summed E-state index contributed by atoms with van der Waals surface area (Å²) in [6, 6.07) is 7.89. The highest BCUT2D eigenvalue weighted by Gasteiger charge is 2.17. The third-order valence-corrected chi connectivity index (χ3v) is 2.59. The minimum atomic E-state index is -0.434. The van der Waals surface area contributed by atoms with Gasteiger partial charge >= 0.3 is 5.97 Å². The summed E-state index contributed by atoms with van der Waals surface area (Å²) in [5.41, 5.74) is 1.74. The molecule has 3 nitrogen and oxygen atoms in total. The lowest BCUT2D eigenvalue weighted by atomic mass is 10.1. The lowest BCUT2D eigenvalue weighted by Gasteiger charge is -2.05. The van der Waals surface area contributed by atoms with Crippen molar-refractivity contribution in [1.82, 2.24) is 4.57 Å². The molecule has 88 valence electrons. The maximum absolute atomic E-state index is 13.2. The number of carbonyl (C=O) groups is 1. The van der Waals surface area contributed by atoms with Gasteiger partial charge in [0.15, 0.2) is 0 Å². The van der Waals surface area contributed by atoms with Gasteiger partial charge in [-0.25, -0.2) is 9.18 Å². The second-order valence-corrected chi connectivity index (χ2v) is 3.69. The molecular weight excluding hydrogens is 221 g/mol. The number of rotatable bonds is 2. The maximum atomic E-state index is 13.2. The molecule has 0 atom stereocenters. The lowest BCUT2D eigenvalue weighted by molar-refractivity contribution is 0.0591. The van der Waals surface area contributed by atoms with Crippen LogP contribution in [0.15, 0.2) is 36.5 Å². The van der Waals surface area contributed by atoms with Crippen molar-refractivity contribution in [1.29, 1.82) is 0 Å². The zero-order valence-corrected chi connectivity index (χ0v) is 9.61. The number of ether oxygens (including phenoxy) is 1. The molecule has 2 aromatic rings.